The SMILES string of the molecule is Cc1cc(CNC(=O)c2cc(F)ccc2O)on1. The highest BCUT2D eigenvalue weighted by molar-refractivity contribution is 5.96. The zero-order valence-electron chi connectivity index (χ0n) is 9.61. The molecule has 2 N–H and O–H groups in total. The van der Waals surface area contributed by atoms with Gasteiger partial charge in [0, 0.05) is 6.07 Å². The molecule has 6 heteroatoms. The van der Waals surface area contributed by atoms with Gasteiger partial charge >= 0.3 is 0 Å². The van der Waals surface area contributed by atoms with E-state index in [-0.39, 0.29) is 17.9 Å². The molecule has 0 atom stereocenters. The molecule has 0 fully saturated rings. The summed E-state index contributed by atoms with van der Waals surface area (Å²) in [6.45, 7) is 1.88. The Morgan fingerprint density at radius 3 is 2.94 bits per heavy atom. The average Bonchev–Trinajstić information content (AvgIpc) is 2.75. The molecule has 2 rings (SSSR count). The summed E-state index contributed by atoms with van der Waals surface area (Å²) in [7, 11) is 0. The molecule has 0 spiro atoms. The molecule has 0 aliphatic heterocycles. The molecular weight excluding hydrogens is 239 g/mol. The molecule has 0 bridgehead atoms. The van der Waals surface area contributed by atoms with Crippen LogP contribution in [-0.2, 0) is 6.54 Å². The number of carbonyl (C=O) groups excluding carboxylic acids is 1. The Morgan fingerprint density at radius 1 is 1.50 bits per heavy atom. The molecule has 0 saturated carbocycles. The quantitative estimate of drug-likeness (QED) is 0.870. The fourth-order valence-electron chi connectivity index (χ4n) is 1.45. The Kier molecular flexibility index (Phi) is 3.27. The topological polar surface area (TPSA) is 75.4 Å². The van der Waals surface area contributed by atoms with Gasteiger partial charge < -0.3 is 14.9 Å². The van der Waals surface area contributed by atoms with Crippen molar-refractivity contribution in [2.24, 2.45) is 0 Å². The number of aromatic nitrogens is 1. The first-order valence-electron chi connectivity index (χ1n) is 5.25. The smallest absolute Gasteiger partial charge is 0.255 e. The predicted molar refractivity (Wildman–Crippen MR) is 60.5 cm³/mol. The molecule has 0 aliphatic rings. The predicted octanol–water partition coefficient (Wildman–Crippen LogP) is 1.76. The number of halogens is 1. The molecule has 18 heavy (non-hydrogen) atoms. The lowest BCUT2D eigenvalue weighted by Crippen LogP contribution is -2.22. The highest BCUT2D eigenvalue weighted by Crippen LogP contribution is 2.17. The van der Waals surface area contributed by atoms with Gasteiger partial charge in [-0.1, -0.05) is 5.16 Å². The number of aromatic hydroxyl groups is 1. The van der Waals surface area contributed by atoms with Crippen molar-refractivity contribution in [3.05, 3.63) is 47.1 Å². The lowest BCUT2D eigenvalue weighted by molar-refractivity contribution is 0.0944. The van der Waals surface area contributed by atoms with Gasteiger partial charge in [0.15, 0.2) is 5.76 Å². The van der Waals surface area contributed by atoms with Crippen molar-refractivity contribution in [1.82, 2.24) is 10.5 Å². The number of aryl methyl sites for hydroxylation is 1. The van der Waals surface area contributed by atoms with Crippen LogP contribution in [0.5, 0.6) is 5.75 Å². The maximum Gasteiger partial charge on any atom is 0.255 e. The van der Waals surface area contributed by atoms with E-state index in [1.54, 1.807) is 13.0 Å². The van der Waals surface area contributed by atoms with E-state index in [4.69, 9.17) is 4.52 Å². The van der Waals surface area contributed by atoms with E-state index in [2.05, 4.69) is 10.5 Å². The Labute approximate surface area is 102 Å². The summed E-state index contributed by atoms with van der Waals surface area (Å²) in [6, 6.07) is 4.84. The molecule has 0 saturated heterocycles. The second-order valence-electron chi connectivity index (χ2n) is 3.78. The maximum atomic E-state index is 13.0. The Morgan fingerprint density at radius 2 is 2.28 bits per heavy atom. The van der Waals surface area contributed by atoms with E-state index >= 15 is 0 Å². The lowest BCUT2D eigenvalue weighted by atomic mass is 10.2. The van der Waals surface area contributed by atoms with Gasteiger partial charge in [0.05, 0.1) is 17.8 Å². The Hall–Kier alpha value is -2.37. The number of amides is 1. The van der Waals surface area contributed by atoms with Gasteiger partial charge in [-0.05, 0) is 25.1 Å². The third-order valence-electron chi connectivity index (χ3n) is 2.30. The highest BCUT2D eigenvalue weighted by Gasteiger charge is 2.12. The minimum Gasteiger partial charge on any atom is -0.507 e. The average molecular weight is 250 g/mol. The van der Waals surface area contributed by atoms with Crippen LogP contribution in [0.25, 0.3) is 0 Å². The highest BCUT2D eigenvalue weighted by atomic mass is 19.1. The molecule has 1 aromatic carbocycles. The van der Waals surface area contributed by atoms with Crippen LogP contribution in [-0.4, -0.2) is 16.2 Å². The zero-order valence-corrected chi connectivity index (χ0v) is 9.61. The third kappa shape index (κ3) is 2.65. The molecule has 5 nitrogen and oxygen atoms in total. The van der Waals surface area contributed by atoms with Crippen LogP contribution in [0.2, 0.25) is 0 Å². The summed E-state index contributed by atoms with van der Waals surface area (Å²) in [5.74, 6) is -0.964. The first kappa shape index (κ1) is 12.1. The van der Waals surface area contributed by atoms with Crippen LogP contribution >= 0.6 is 0 Å². The molecule has 0 radical (unpaired) electrons. The summed E-state index contributed by atoms with van der Waals surface area (Å²) in [5.41, 5.74) is 0.582. The van der Waals surface area contributed by atoms with Gasteiger partial charge in [0.1, 0.15) is 11.6 Å². The van der Waals surface area contributed by atoms with Gasteiger partial charge in [-0.3, -0.25) is 4.79 Å². The molecule has 2 aromatic rings. The molecular formula is C12H11FN2O3. The van der Waals surface area contributed by atoms with E-state index in [0.29, 0.717) is 11.5 Å². The van der Waals surface area contributed by atoms with Crippen molar-refractivity contribution in [1.29, 1.82) is 0 Å². The van der Waals surface area contributed by atoms with Crippen molar-refractivity contribution < 1.29 is 18.8 Å². The molecule has 0 unspecified atom stereocenters. The minimum absolute atomic E-state index is 0.119. The van der Waals surface area contributed by atoms with Crippen LogP contribution in [0.4, 0.5) is 4.39 Å². The van der Waals surface area contributed by atoms with Crippen molar-refractivity contribution in [2.75, 3.05) is 0 Å². The van der Waals surface area contributed by atoms with Crippen LogP contribution in [0.15, 0.2) is 28.8 Å². The monoisotopic (exact) mass is 250 g/mol. The van der Waals surface area contributed by atoms with E-state index in [9.17, 15) is 14.3 Å². The summed E-state index contributed by atoms with van der Waals surface area (Å²) in [4.78, 5) is 11.7. The second kappa shape index (κ2) is 4.87. The summed E-state index contributed by atoms with van der Waals surface area (Å²) in [5, 5.41) is 15.6. The fraction of sp³-hybridized carbons (Fsp3) is 0.167. The first-order valence-corrected chi connectivity index (χ1v) is 5.25. The summed E-state index contributed by atoms with van der Waals surface area (Å²) < 4.78 is 17.9. The van der Waals surface area contributed by atoms with Gasteiger partial charge in [-0.2, -0.15) is 0 Å². The number of rotatable bonds is 3. The minimum atomic E-state index is -0.589. The number of hydrogen-bond donors (Lipinski definition) is 2. The number of phenols is 1. The van der Waals surface area contributed by atoms with Crippen LogP contribution < -0.4 is 5.32 Å². The van der Waals surface area contributed by atoms with Gasteiger partial charge in [0.2, 0.25) is 0 Å². The van der Waals surface area contributed by atoms with E-state index in [1.807, 2.05) is 0 Å². The van der Waals surface area contributed by atoms with E-state index in [0.717, 1.165) is 18.2 Å². The second-order valence-corrected chi connectivity index (χ2v) is 3.78. The van der Waals surface area contributed by atoms with Gasteiger partial charge in [0.25, 0.3) is 5.91 Å². The van der Waals surface area contributed by atoms with E-state index in [1.165, 1.54) is 0 Å². The number of phenolic OH excluding ortho intramolecular Hbond substituents is 1. The van der Waals surface area contributed by atoms with Crippen molar-refractivity contribution >= 4 is 5.91 Å². The molecule has 1 amide bonds. The first-order chi connectivity index (χ1) is 8.56. The van der Waals surface area contributed by atoms with Crippen molar-refractivity contribution in [3.63, 3.8) is 0 Å². The number of carbonyl (C=O) groups is 1. The van der Waals surface area contributed by atoms with Crippen molar-refractivity contribution in [3.8, 4) is 5.75 Å². The van der Waals surface area contributed by atoms with Crippen LogP contribution in [0, 0.1) is 12.7 Å². The number of benzene rings is 1. The van der Waals surface area contributed by atoms with E-state index < -0.39 is 11.7 Å². The summed E-state index contributed by atoms with van der Waals surface area (Å²) in [6.07, 6.45) is 0. The Balaban J connectivity index is 2.05. The largest absolute Gasteiger partial charge is 0.507 e. The molecule has 1 heterocycles. The standard InChI is InChI=1S/C12H11FN2O3/c1-7-4-9(18-15-7)6-14-12(17)10-5-8(13)2-3-11(10)16/h2-5,16H,6H2,1H3,(H,14,17). The Bertz CT molecular complexity index is 580. The third-order valence-corrected chi connectivity index (χ3v) is 2.30. The molecule has 94 valence electrons. The molecule has 0 aliphatic carbocycles. The van der Waals surface area contributed by atoms with Crippen LogP contribution in [0.1, 0.15) is 21.8 Å². The number of nitrogens with one attached hydrogen (secondary N) is 1. The maximum absolute atomic E-state index is 13.0. The summed E-state index contributed by atoms with van der Waals surface area (Å²) >= 11 is 0. The van der Waals surface area contributed by atoms with Gasteiger partial charge in [-0.15, -0.1) is 0 Å². The lowest BCUT2D eigenvalue weighted by Gasteiger charge is -2.05. The van der Waals surface area contributed by atoms with Gasteiger partial charge in [-0.25, -0.2) is 4.39 Å². The number of hydrogen-bond acceptors (Lipinski definition) is 4. The van der Waals surface area contributed by atoms with Crippen LogP contribution in [0.3, 0.4) is 0 Å². The fourth-order valence-corrected chi connectivity index (χ4v) is 1.45. The van der Waals surface area contributed by atoms with Crippen molar-refractivity contribution in [2.45, 2.75) is 13.5 Å². The zero-order chi connectivity index (χ0) is 13.1. The number of nitrogens with zero attached hydrogens (tertiary/aromatic N) is 1. The molecule has 1 aromatic heterocycles. The normalized spacial score (nSPS) is 10.3.